The number of esters is 1. The number of nitriles is 2. The first-order chi connectivity index (χ1) is 11.1. The molecule has 1 heterocycles. The van der Waals surface area contributed by atoms with Crippen molar-refractivity contribution in [3.8, 4) is 17.9 Å². The van der Waals surface area contributed by atoms with Crippen molar-refractivity contribution in [1.82, 2.24) is 0 Å². The molecule has 0 aliphatic carbocycles. The highest BCUT2D eigenvalue weighted by molar-refractivity contribution is 5.82. The van der Waals surface area contributed by atoms with Gasteiger partial charge in [0.25, 0.3) is 0 Å². The molecule has 2 rings (SSSR count). The Morgan fingerprint density at radius 2 is 1.96 bits per heavy atom. The smallest absolute Gasteiger partial charge is 0.336 e. The minimum Gasteiger partial charge on any atom is -0.425 e. The quantitative estimate of drug-likeness (QED) is 0.612. The van der Waals surface area contributed by atoms with Crippen LogP contribution in [0.3, 0.4) is 0 Å². The van der Waals surface area contributed by atoms with Crippen molar-refractivity contribution in [2.45, 2.75) is 32.5 Å². The Labute approximate surface area is 135 Å². The lowest BCUT2D eigenvalue weighted by molar-refractivity contribution is -0.223. The predicted octanol–water partition coefficient (Wildman–Crippen LogP) is 2.54. The van der Waals surface area contributed by atoms with E-state index < -0.39 is 11.4 Å². The van der Waals surface area contributed by atoms with Gasteiger partial charge in [0.15, 0.2) is 6.29 Å². The lowest BCUT2D eigenvalue weighted by Gasteiger charge is -2.33. The van der Waals surface area contributed by atoms with Gasteiger partial charge in [-0.2, -0.15) is 10.5 Å². The van der Waals surface area contributed by atoms with Crippen LogP contribution in [-0.2, 0) is 14.3 Å². The number of hydrogen-bond donors (Lipinski definition) is 0. The Hall–Kier alpha value is -2.41. The van der Waals surface area contributed by atoms with Crippen LogP contribution in [0.25, 0.3) is 0 Å². The van der Waals surface area contributed by atoms with E-state index in [0.717, 1.165) is 19.3 Å². The summed E-state index contributed by atoms with van der Waals surface area (Å²) < 4.78 is 16.2. The topological polar surface area (TPSA) is 92.3 Å². The van der Waals surface area contributed by atoms with Crippen molar-refractivity contribution in [3.63, 3.8) is 0 Å². The van der Waals surface area contributed by atoms with E-state index in [-0.39, 0.29) is 25.3 Å². The van der Waals surface area contributed by atoms with Gasteiger partial charge in [-0.25, -0.2) is 4.79 Å². The summed E-state index contributed by atoms with van der Waals surface area (Å²) in [4.78, 5) is 12.3. The number of benzene rings is 1. The molecule has 0 aromatic heterocycles. The molecule has 1 aromatic rings. The first kappa shape index (κ1) is 17.0. The first-order valence-corrected chi connectivity index (χ1v) is 7.50. The van der Waals surface area contributed by atoms with Gasteiger partial charge in [0.05, 0.1) is 30.9 Å². The van der Waals surface area contributed by atoms with Crippen molar-refractivity contribution < 1.29 is 19.0 Å². The zero-order valence-electron chi connectivity index (χ0n) is 12.9. The van der Waals surface area contributed by atoms with E-state index in [1.54, 1.807) is 0 Å². The van der Waals surface area contributed by atoms with Gasteiger partial charge in [0.2, 0.25) is 5.41 Å². The summed E-state index contributed by atoms with van der Waals surface area (Å²) in [7, 11) is 0. The lowest BCUT2D eigenvalue weighted by Crippen LogP contribution is -2.48. The summed E-state index contributed by atoms with van der Waals surface area (Å²) in [6.07, 6.45) is 2.34. The maximum Gasteiger partial charge on any atom is 0.336 e. The number of hydrogen-bond acceptors (Lipinski definition) is 6. The number of nitrogens with zero attached hydrogens (tertiary/aromatic N) is 2. The zero-order valence-corrected chi connectivity index (χ0v) is 12.9. The maximum atomic E-state index is 12.3. The molecule has 1 fully saturated rings. The molecule has 0 spiro atoms. The van der Waals surface area contributed by atoms with Gasteiger partial charge in [-0.15, -0.1) is 0 Å². The molecule has 0 N–H and O–H groups in total. The Morgan fingerprint density at radius 3 is 2.48 bits per heavy atom. The number of ether oxygens (including phenoxy) is 3. The van der Waals surface area contributed by atoms with E-state index in [0.29, 0.717) is 5.56 Å². The third-order valence-electron chi connectivity index (χ3n) is 3.62. The van der Waals surface area contributed by atoms with Gasteiger partial charge < -0.3 is 14.2 Å². The van der Waals surface area contributed by atoms with Crippen LogP contribution >= 0.6 is 0 Å². The highest BCUT2D eigenvalue weighted by atomic mass is 16.7. The average molecular weight is 314 g/mol. The minimum atomic E-state index is -1.46. The summed E-state index contributed by atoms with van der Waals surface area (Å²) in [6.45, 7) is 1.97. The number of carbonyl (C=O) groups is 1. The average Bonchev–Trinajstić information content (AvgIpc) is 2.61. The fourth-order valence-corrected chi connectivity index (χ4v) is 2.13. The van der Waals surface area contributed by atoms with Crippen LogP contribution < -0.4 is 4.74 Å². The summed E-state index contributed by atoms with van der Waals surface area (Å²) in [5, 5.41) is 18.1. The molecule has 0 amide bonds. The third kappa shape index (κ3) is 4.07. The largest absolute Gasteiger partial charge is 0.425 e. The van der Waals surface area contributed by atoms with E-state index in [4.69, 9.17) is 19.5 Å². The van der Waals surface area contributed by atoms with Crippen LogP contribution in [0, 0.1) is 28.1 Å². The van der Waals surface area contributed by atoms with E-state index in [1.165, 1.54) is 24.3 Å². The third-order valence-corrected chi connectivity index (χ3v) is 3.62. The molecule has 0 radical (unpaired) electrons. The SMILES string of the molecule is CCCCC1OCC(C#N)(C(=O)Oc2ccc(C#N)cc2)CO1. The molecule has 1 saturated heterocycles. The van der Waals surface area contributed by atoms with Crippen molar-refractivity contribution in [1.29, 1.82) is 10.5 Å². The molecular weight excluding hydrogens is 296 g/mol. The standard InChI is InChI=1S/C17H18N2O4/c1-2-3-4-15-21-11-17(10-19,12-22-15)16(20)23-14-7-5-13(9-18)6-8-14/h5-8,15H,2-4,11-12H2,1H3. The molecule has 0 atom stereocenters. The molecule has 23 heavy (non-hydrogen) atoms. The second-order valence-corrected chi connectivity index (χ2v) is 5.41. The van der Waals surface area contributed by atoms with Crippen LogP contribution in [0.1, 0.15) is 31.7 Å². The number of unbranched alkanes of at least 4 members (excludes halogenated alkanes) is 1. The molecule has 6 heteroatoms. The van der Waals surface area contributed by atoms with Gasteiger partial charge in [0.1, 0.15) is 5.75 Å². The Morgan fingerprint density at radius 1 is 1.30 bits per heavy atom. The van der Waals surface area contributed by atoms with Gasteiger partial charge >= 0.3 is 5.97 Å². The molecule has 1 aliphatic heterocycles. The number of rotatable bonds is 5. The molecule has 1 aliphatic rings. The fraction of sp³-hybridized carbons (Fsp3) is 0.471. The van der Waals surface area contributed by atoms with E-state index in [1.807, 2.05) is 12.1 Å². The number of carbonyl (C=O) groups excluding carboxylic acids is 1. The summed E-state index contributed by atoms with van der Waals surface area (Å²) in [5.41, 5.74) is -1.00. The van der Waals surface area contributed by atoms with Gasteiger partial charge in [0, 0.05) is 0 Å². The Kier molecular flexibility index (Phi) is 5.70. The molecule has 6 nitrogen and oxygen atoms in total. The normalized spacial score (nSPS) is 23.5. The summed E-state index contributed by atoms with van der Waals surface area (Å²) >= 11 is 0. The maximum absolute atomic E-state index is 12.3. The van der Waals surface area contributed by atoms with Crippen LogP contribution in [0.5, 0.6) is 5.75 Å². The monoisotopic (exact) mass is 314 g/mol. The summed E-state index contributed by atoms with van der Waals surface area (Å²) in [5.74, 6) is -0.435. The van der Waals surface area contributed by atoms with Crippen molar-refractivity contribution in [2.24, 2.45) is 5.41 Å². The molecule has 1 aromatic carbocycles. The summed E-state index contributed by atoms with van der Waals surface area (Å²) in [6, 6.07) is 10.0. The van der Waals surface area contributed by atoms with Crippen molar-refractivity contribution in [3.05, 3.63) is 29.8 Å². The Balaban J connectivity index is 1.99. The van der Waals surface area contributed by atoms with Crippen molar-refractivity contribution in [2.75, 3.05) is 13.2 Å². The first-order valence-electron chi connectivity index (χ1n) is 7.50. The lowest BCUT2D eigenvalue weighted by atomic mass is 9.91. The predicted molar refractivity (Wildman–Crippen MR) is 80.1 cm³/mol. The van der Waals surface area contributed by atoms with Crippen LogP contribution in [-0.4, -0.2) is 25.5 Å². The fourth-order valence-electron chi connectivity index (χ4n) is 2.13. The van der Waals surface area contributed by atoms with E-state index >= 15 is 0 Å². The zero-order chi connectivity index (χ0) is 16.7. The Bertz CT molecular complexity index is 619. The van der Waals surface area contributed by atoms with Crippen molar-refractivity contribution >= 4 is 5.97 Å². The second-order valence-electron chi connectivity index (χ2n) is 5.41. The molecule has 0 saturated carbocycles. The van der Waals surface area contributed by atoms with Crippen LogP contribution in [0.15, 0.2) is 24.3 Å². The molecule has 0 bridgehead atoms. The molecule has 120 valence electrons. The highest BCUT2D eigenvalue weighted by Gasteiger charge is 2.46. The van der Waals surface area contributed by atoms with Crippen LogP contribution in [0.2, 0.25) is 0 Å². The van der Waals surface area contributed by atoms with E-state index in [2.05, 4.69) is 6.92 Å². The van der Waals surface area contributed by atoms with Gasteiger partial charge in [-0.1, -0.05) is 13.3 Å². The van der Waals surface area contributed by atoms with Crippen LogP contribution in [0.4, 0.5) is 0 Å². The highest BCUT2D eigenvalue weighted by Crippen LogP contribution is 2.28. The minimum absolute atomic E-state index is 0.0486. The second kappa shape index (κ2) is 7.73. The molecule has 0 unspecified atom stereocenters. The molecular formula is C17H18N2O4. The van der Waals surface area contributed by atoms with E-state index in [9.17, 15) is 10.1 Å². The van der Waals surface area contributed by atoms with Gasteiger partial charge in [-0.3, -0.25) is 0 Å². The van der Waals surface area contributed by atoms with Gasteiger partial charge in [-0.05, 0) is 37.1 Å².